The van der Waals surface area contributed by atoms with Crippen LogP contribution in [0.4, 0.5) is 10.2 Å². The largest absolute Gasteiger partial charge is 0.478 e. The Morgan fingerprint density at radius 1 is 1.43 bits per heavy atom. The second kappa shape index (κ2) is 5.90. The van der Waals surface area contributed by atoms with Crippen LogP contribution in [0.3, 0.4) is 0 Å². The molecular formula is C14H17FN4O2. The summed E-state index contributed by atoms with van der Waals surface area (Å²) in [7, 11) is 0. The summed E-state index contributed by atoms with van der Waals surface area (Å²) < 4.78 is 15.7. The van der Waals surface area contributed by atoms with Gasteiger partial charge in [-0.25, -0.2) is 9.78 Å². The van der Waals surface area contributed by atoms with Crippen molar-refractivity contribution in [3.63, 3.8) is 0 Å². The van der Waals surface area contributed by atoms with Gasteiger partial charge >= 0.3 is 5.97 Å². The zero-order valence-corrected chi connectivity index (χ0v) is 12.1. The predicted octanol–water partition coefficient (Wildman–Crippen LogP) is 2.54. The van der Waals surface area contributed by atoms with Gasteiger partial charge in [-0.05, 0) is 32.9 Å². The highest BCUT2D eigenvalue weighted by Gasteiger charge is 2.24. The monoisotopic (exact) mass is 292 g/mol. The van der Waals surface area contributed by atoms with Crippen LogP contribution in [0.5, 0.6) is 0 Å². The fourth-order valence-corrected chi connectivity index (χ4v) is 2.23. The number of aryl methyl sites for hydroxylation is 2. The minimum absolute atomic E-state index is 0.00810. The normalized spacial score (nSPS) is 10.7. The molecule has 0 aliphatic carbocycles. The second-order valence-corrected chi connectivity index (χ2v) is 4.50. The molecule has 0 atom stereocenters. The van der Waals surface area contributed by atoms with Crippen molar-refractivity contribution in [1.82, 2.24) is 14.8 Å². The van der Waals surface area contributed by atoms with Crippen LogP contribution in [-0.2, 0) is 6.54 Å². The van der Waals surface area contributed by atoms with E-state index in [1.54, 1.807) is 13.0 Å². The maximum atomic E-state index is 14.2. The SMILES string of the molecule is CCNc1ccc(-c2c(C(=O)O)c(C)nn2CC)c(F)n1. The zero-order chi connectivity index (χ0) is 15.6. The first-order chi connectivity index (χ1) is 9.99. The van der Waals surface area contributed by atoms with E-state index in [1.807, 2.05) is 13.8 Å². The number of hydrogen-bond donors (Lipinski definition) is 2. The summed E-state index contributed by atoms with van der Waals surface area (Å²) in [5, 5.41) is 16.4. The van der Waals surface area contributed by atoms with E-state index in [0.29, 0.717) is 24.6 Å². The van der Waals surface area contributed by atoms with Gasteiger partial charge in [0, 0.05) is 13.1 Å². The number of anilines is 1. The molecule has 0 spiro atoms. The van der Waals surface area contributed by atoms with E-state index < -0.39 is 11.9 Å². The van der Waals surface area contributed by atoms with E-state index >= 15 is 0 Å². The van der Waals surface area contributed by atoms with Gasteiger partial charge in [0.15, 0.2) is 0 Å². The van der Waals surface area contributed by atoms with Crippen molar-refractivity contribution in [2.24, 2.45) is 0 Å². The van der Waals surface area contributed by atoms with E-state index in [0.717, 1.165) is 0 Å². The summed E-state index contributed by atoms with van der Waals surface area (Å²) in [6.45, 7) is 6.36. The highest BCUT2D eigenvalue weighted by Crippen LogP contribution is 2.29. The zero-order valence-electron chi connectivity index (χ0n) is 12.1. The Balaban J connectivity index is 2.63. The molecule has 112 valence electrons. The number of aromatic carboxylic acids is 1. The van der Waals surface area contributed by atoms with E-state index in [-0.39, 0.29) is 16.8 Å². The van der Waals surface area contributed by atoms with Crippen molar-refractivity contribution in [3.8, 4) is 11.3 Å². The summed E-state index contributed by atoms with van der Waals surface area (Å²) in [5.74, 6) is -1.43. The van der Waals surface area contributed by atoms with Gasteiger partial charge in [0.05, 0.1) is 17.0 Å². The lowest BCUT2D eigenvalue weighted by atomic mass is 10.1. The molecule has 7 heteroatoms. The first kappa shape index (κ1) is 15.0. The molecule has 0 unspecified atom stereocenters. The van der Waals surface area contributed by atoms with Gasteiger partial charge in [-0.15, -0.1) is 0 Å². The number of rotatable bonds is 5. The summed E-state index contributed by atoms with van der Waals surface area (Å²) in [6, 6.07) is 3.14. The number of carboxylic acid groups (broad SMARTS) is 1. The van der Waals surface area contributed by atoms with Crippen LogP contribution in [0.1, 0.15) is 29.9 Å². The predicted molar refractivity (Wildman–Crippen MR) is 77.0 cm³/mol. The van der Waals surface area contributed by atoms with Crippen molar-refractivity contribution in [1.29, 1.82) is 0 Å². The van der Waals surface area contributed by atoms with Crippen LogP contribution < -0.4 is 5.32 Å². The van der Waals surface area contributed by atoms with Crippen molar-refractivity contribution in [3.05, 3.63) is 29.3 Å². The number of carbonyl (C=O) groups is 1. The number of nitrogens with zero attached hydrogens (tertiary/aromatic N) is 3. The Morgan fingerprint density at radius 3 is 2.67 bits per heavy atom. The van der Waals surface area contributed by atoms with Crippen LogP contribution in [0.25, 0.3) is 11.3 Å². The summed E-state index contributed by atoms with van der Waals surface area (Å²) >= 11 is 0. The molecule has 0 fully saturated rings. The molecule has 0 aliphatic rings. The molecule has 0 amide bonds. The Labute approximate surface area is 121 Å². The molecule has 2 heterocycles. The van der Waals surface area contributed by atoms with Gasteiger partial charge in [-0.3, -0.25) is 4.68 Å². The Kier molecular flexibility index (Phi) is 4.21. The van der Waals surface area contributed by atoms with Crippen molar-refractivity contribution in [2.75, 3.05) is 11.9 Å². The number of carboxylic acids is 1. The lowest BCUT2D eigenvalue weighted by Gasteiger charge is -2.09. The Bertz CT molecular complexity index is 682. The van der Waals surface area contributed by atoms with Gasteiger partial charge in [-0.1, -0.05) is 0 Å². The minimum Gasteiger partial charge on any atom is -0.478 e. The maximum Gasteiger partial charge on any atom is 0.339 e. The third-order valence-electron chi connectivity index (χ3n) is 3.10. The van der Waals surface area contributed by atoms with Crippen molar-refractivity contribution in [2.45, 2.75) is 27.3 Å². The topological polar surface area (TPSA) is 80.0 Å². The van der Waals surface area contributed by atoms with Gasteiger partial charge < -0.3 is 10.4 Å². The van der Waals surface area contributed by atoms with Crippen LogP contribution in [0.2, 0.25) is 0 Å². The lowest BCUT2D eigenvalue weighted by molar-refractivity contribution is 0.0697. The molecule has 0 aromatic carbocycles. The lowest BCUT2D eigenvalue weighted by Crippen LogP contribution is -2.07. The number of halogens is 1. The van der Waals surface area contributed by atoms with Gasteiger partial charge in [0.25, 0.3) is 0 Å². The van der Waals surface area contributed by atoms with Crippen molar-refractivity contribution >= 4 is 11.8 Å². The molecule has 2 aromatic rings. The Morgan fingerprint density at radius 2 is 2.14 bits per heavy atom. The average Bonchev–Trinajstić information content (AvgIpc) is 2.76. The smallest absolute Gasteiger partial charge is 0.339 e. The van der Waals surface area contributed by atoms with E-state index in [2.05, 4.69) is 15.4 Å². The molecule has 0 radical (unpaired) electrons. The van der Waals surface area contributed by atoms with Crippen LogP contribution in [0.15, 0.2) is 12.1 Å². The van der Waals surface area contributed by atoms with Crippen LogP contribution >= 0.6 is 0 Å². The highest BCUT2D eigenvalue weighted by molar-refractivity contribution is 5.96. The Hall–Kier alpha value is -2.44. The number of aromatic nitrogens is 3. The molecular weight excluding hydrogens is 275 g/mol. The van der Waals surface area contributed by atoms with E-state index in [9.17, 15) is 14.3 Å². The molecule has 0 saturated heterocycles. The average molecular weight is 292 g/mol. The quantitative estimate of drug-likeness (QED) is 0.828. The number of pyridine rings is 1. The standard InChI is InChI=1S/C14H17FN4O2/c1-4-16-10-7-6-9(13(15)17-10)12-11(14(20)21)8(3)18-19(12)5-2/h6-7H,4-5H2,1-3H3,(H,16,17)(H,20,21). The highest BCUT2D eigenvalue weighted by atomic mass is 19.1. The molecule has 6 nitrogen and oxygen atoms in total. The third kappa shape index (κ3) is 2.72. The molecule has 2 N–H and O–H groups in total. The molecule has 21 heavy (non-hydrogen) atoms. The number of hydrogen-bond acceptors (Lipinski definition) is 4. The van der Waals surface area contributed by atoms with E-state index in [1.165, 1.54) is 10.7 Å². The first-order valence-corrected chi connectivity index (χ1v) is 6.71. The van der Waals surface area contributed by atoms with Gasteiger partial charge in [-0.2, -0.15) is 9.49 Å². The molecule has 0 saturated carbocycles. The fraction of sp³-hybridized carbons (Fsp3) is 0.357. The molecule has 0 aliphatic heterocycles. The summed E-state index contributed by atoms with van der Waals surface area (Å²) in [4.78, 5) is 15.2. The maximum absolute atomic E-state index is 14.2. The van der Waals surface area contributed by atoms with Gasteiger partial charge in [0.2, 0.25) is 5.95 Å². The molecule has 2 rings (SSSR count). The van der Waals surface area contributed by atoms with Crippen LogP contribution in [0, 0.1) is 12.9 Å². The third-order valence-corrected chi connectivity index (χ3v) is 3.10. The van der Waals surface area contributed by atoms with Crippen molar-refractivity contribution < 1.29 is 14.3 Å². The summed E-state index contributed by atoms with van der Waals surface area (Å²) in [5.41, 5.74) is 0.746. The minimum atomic E-state index is -1.13. The fourth-order valence-electron chi connectivity index (χ4n) is 2.23. The van der Waals surface area contributed by atoms with Gasteiger partial charge in [0.1, 0.15) is 11.4 Å². The first-order valence-electron chi connectivity index (χ1n) is 6.71. The summed E-state index contributed by atoms with van der Waals surface area (Å²) in [6.07, 6.45) is 0. The second-order valence-electron chi connectivity index (χ2n) is 4.50. The molecule has 2 aromatic heterocycles. The van der Waals surface area contributed by atoms with E-state index in [4.69, 9.17) is 0 Å². The number of nitrogens with one attached hydrogen (secondary N) is 1. The van der Waals surface area contributed by atoms with Crippen LogP contribution in [-0.4, -0.2) is 32.4 Å². The molecule has 0 bridgehead atoms.